The lowest BCUT2D eigenvalue weighted by atomic mass is 9.68. The molecule has 0 amide bonds. The van der Waals surface area contributed by atoms with Crippen molar-refractivity contribution in [1.29, 1.82) is 0 Å². The molecule has 1 spiro atoms. The van der Waals surface area contributed by atoms with E-state index in [0.29, 0.717) is 17.1 Å². The first-order valence-electron chi connectivity index (χ1n) is 13.3. The fourth-order valence-electron chi connectivity index (χ4n) is 6.02. The van der Waals surface area contributed by atoms with Gasteiger partial charge in [-0.05, 0) is 85.5 Å². The molecule has 2 fully saturated rings. The number of fused-ring (bicyclic) bond motifs is 2. The van der Waals surface area contributed by atoms with Crippen LogP contribution in [0.2, 0.25) is 0 Å². The standard InChI is InChI=1S/C18H20N4S.C10H19NO2S.H2/c1-9(2)14-15-10(3)7-23-18(15)21-16(14)13-6-22-17(19-8-20-22)12(5)11(13)4;1-14(12,13)8-7-11-6-5-10(9-11)3-2-4-10;/h6-9,21H,1-5H3;2-9H2,1H3;1H. The maximum absolute atomic E-state index is 11.0. The van der Waals surface area contributed by atoms with Crippen molar-refractivity contribution in [1.82, 2.24) is 24.5 Å². The van der Waals surface area contributed by atoms with Gasteiger partial charge in [0.2, 0.25) is 0 Å². The number of nitrogens with zero attached hydrogens (tertiary/aromatic N) is 4. The molecule has 0 atom stereocenters. The third-order valence-corrected chi connectivity index (χ3v) is 10.4. The number of H-pyrrole nitrogens is 1. The number of thiophene rings is 1. The van der Waals surface area contributed by atoms with Gasteiger partial charge in [-0.25, -0.2) is 17.9 Å². The molecule has 0 radical (unpaired) electrons. The van der Waals surface area contributed by atoms with Crippen LogP contribution in [0.3, 0.4) is 0 Å². The van der Waals surface area contributed by atoms with Gasteiger partial charge in [0.15, 0.2) is 5.65 Å². The van der Waals surface area contributed by atoms with Gasteiger partial charge >= 0.3 is 0 Å². The predicted octanol–water partition coefficient (Wildman–Crippen LogP) is 6.14. The quantitative estimate of drug-likeness (QED) is 0.327. The van der Waals surface area contributed by atoms with E-state index in [2.05, 4.69) is 66.2 Å². The Labute approximate surface area is 225 Å². The number of aromatic amines is 1. The van der Waals surface area contributed by atoms with Crippen molar-refractivity contribution >= 4 is 37.0 Å². The average Bonchev–Trinajstić information content (AvgIpc) is 3.58. The monoisotopic (exact) mass is 543 g/mol. The van der Waals surface area contributed by atoms with Crippen molar-refractivity contribution in [2.45, 2.75) is 66.2 Å². The van der Waals surface area contributed by atoms with Crippen LogP contribution in [0.5, 0.6) is 0 Å². The second-order valence-electron chi connectivity index (χ2n) is 11.5. The van der Waals surface area contributed by atoms with Crippen LogP contribution >= 0.6 is 11.3 Å². The second-order valence-corrected chi connectivity index (χ2v) is 14.7. The minimum absolute atomic E-state index is 0. The topological polar surface area (TPSA) is 83.4 Å². The molecule has 0 aromatic carbocycles. The van der Waals surface area contributed by atoms with Gasteiger partial charge in [0.05, 0.1) is 11.4 Å². The Morgan fingerprint density at radius 3 is 2.57 bits per heavy atom. The highest BCUT2D eigenvalue weighted by atomic mass is 32.2. The summed E-state index contributed by atoms with van der Waals surface area (Å²) in [6, 6.07) is 0. The van der Waals surface area contributed by atoms with E-state index in [1.165, 1.54) is 75.7 Å². The molecule has 1 aliphatic carbocycles. The van der Waals surface area contributed by atoms with Crippen molar-refractivity contribution in [3.05, 3.63) is 40.2 Å². The Morgan fingerprint density at radius 2 is 1.95 bits per heavy atom. The highest BCUT2D eigenvalue weighted by Crippen LogP contribution is 2.47. The van der Waals surface area contributed by atoms with Crippen LogP contribution in [0.4, 0.5) is 0 Å². The number of hydrogen-bond acceptors (Lipinski definition) is 6. The number of sulfone groups is 1. The van der Waals surface area contributed by atoms with Crippen molar-refractivity contribution < 1.29 is 9.84 Å². The van der Waals surface area contributed by atoms with Crippen LogP contribution in [0.25, 0.3) is 27.1 Å². The fraction of sp³-hybridized carbons (Fsp3) is 0.571. The highest BCUT2D eigenvalue weighted by molar-refractivity contribution is 7.90. The molecule has 0 unspecified atom stereocenters. The van der Waals surface area contributed by atoms with Gasteiger partial charge in [-0.2, -0.15) is 5.10 Å². The second kappa shape index (κ2) is 9.82. The fourth-order valence-corrected chi connectivity index (χ4v) is 7.57. The van der Waals surface area contributed by atoms with Crippen LogP contribution < -0.4 is 0 Å². The zero-order chi connectivity index (χ0) is 26.5. The molecule has 7 nitrogen and oxygen atoms in total. The molecule has 202 valence electrons. The summed E-state index contributed by atoms with van der Waals surface area (Å²) in [5.74, 6) is 0.779. The summed E-state index contributed by atoms with van der Waals surface area (Å²) in [4.78, 5) is 11.6. The Balaban J connectivity index is 0.000000193. The van der Waals surface area contributed by atoms with Crippen LogP contribution in [-0.4, -0.2) is 64.5 Å². The lowest BCUT2D eigenvalue weighted by Crippen LogP contribution is -2.34. The van der Waals surface area contributed by atoms with Gasteiger partial charge in [-0.1, -0.05) is 20.3 Å². The zero-order valence-electron chi connectivity index (χ0n) is 22.9. The smallest absolute Gasteiger partial charge is 0.158 e. The molecule has 6 rings (SSSR count). The molecular weight excluding hydrogens is 502 g/mol. The van der Waals surface area contributed by atoms with Crippen LogP contribution in [0.15, 0.2) is 17.9 Å². The average molecular weight is 544 g/mol. The lowest BCUT2D eigenvalue weighted by Gasteiger charge is -2.38. The molecule has 2 aliphatic rings. The Bertz CT molecular complexity index is 1550. The Morgan fingerprint density at radius 1 is 1.19 bits per heavy atom. The Hall–Kier alpha value is -2.23. The number of aryl methyl sites for hydroxylation is 2. The number of hydrogen-bond donors (Lipinski definition) is 1. The van der Waals surface area contributed by atoms with Crippen molar-refractivity contribution in [2.75, 3.05) is 31.6 Å². The molecule has 0 bridgehead atoms. The first-order valence-corrected chi connectivity index (χ1v) is 16.2. The molecule has 37 heavy (non-hydrogen) atoms. The van der Waals surface area contributed by atoms with Crippen molar-refractivity contribution in [2.24, 2.45) is 5.41 Å². The van der Waals surface area contributed by atoms with E-state index < -0.39 is 9.84 Å². The molecule has 1 N–H and O–H groups in total. The summed E-state index contributed by atoms with van der Waals surface area (Å²) < 4.78 is 23.9. The van der Waals surface area contributed by atoms with Gasteiger partial charge in [0, 0.05) is 37.9 Å². The predicted molar refractivity (Wildman–Crippen MR) is 156 cm³/mol. The molecule has 4 aromatic rings. The largest absolute Gasteiger partial charge is 0.346 e. The summed E-state index contributed by atoms with van der Waals surface area (Å²) in [6.07, 6.45) is 10.4. The summed E-state index contributed by atoms with van der Waals surface area (Å²) in [6.45, 7) is 14.0. The number of nitrogens with one attached hydrogen (secondary N) is 1. The minimum Gasteiger partial charge on any atom is -0.346 e. The van der Waals surface area contributed by atoms with Crippen LogP contribution in [0.1, 0.15) is 69.1 Å². The first-order chi connectivity index (χ1) is 17.5. The molecule has 1 saturated heterocycles. The van der Waals surface area contributed by atoms with E-state index in [1.54, 1.807) is 17.7 Å². The third-order valence-electron chi connectivity index (χ3n) is 8.44. The number of pyridine rings is 1. The lowest BCUT2D eigenvalue weighted by molar-refractivity contribution is 0.141. The highest BCUT2D eigenvalue weighted by Gasteiger charge is 2.42. The number of likely N-dealkylation sites (tertiary alicyclic amines) is 1. The number of rotatable bonds is 5. The third kappa shape index (κ3) is 5.10. The maximum atomic E-state index is 11.0. The van der Waals surface area contributed by atoms with E-state index in [1.807, 2.05) is 4.52 Å². The first kappa shape index (κ1) is 26.4. The zero-order valence-corrected chi connectivity index (χ0v) is 24.5. The molecule has 9 heteroatoms. The molecular formula is C28H41N5O2S2. The minimum atomic E-state index is -2.78. The van der Waals surface area contributed by atoms with Gasteiger partial charge < -0.3 is 9.88 Å². The van der Waals surface area contributed by atoms with Gasteiger partial charge in [-0.3, -0.25) is 0 Å². The molecule has 1 aliphatic heterocycles. The van der Waals surface area contributed by atoms with E-state index in [-0.39, 0.29) is 1.43 Å². The summed E-state index contributed by atoms with van der Waals surface area (Å²) in [7, 11) is -2.78. The van der Waals surface area contributed by atoms with Gasteiger partial charge in [0.1, 0.15) is 21.0 Å². The normalized spacial score (nSPS) is 17.6. The molecule has 4 aromatic heterocycles. The van der Waals surface area contributed by atoms with Crippen LogP contribution in [-0.2, 0) is 9.84 Å². The number of aromatic nitrogens is 4. The van der Waals surface area contributed by atoms with Gasteiger partial charge in [-0.15, -0.1) is 11.3 Å². The molecule has 1 saturated carbocycles. The van der Waals surface area contributed by atoms with Crippen molar-refractivity contribution in [3.63, 3.8) is 0 Å². The van der Waals surface area contributed by atoms with E-state index >= 15 is 0 Å². The summed E-state index contributed by atoms with van der Waals surface area (Å²) in [5.41, 5.74) is 9.17. The Kier molecular flexibility index (Phi) is 7.00. The van der Waals surface area contributed by atoms with Gasteiger partial charge in [0.25, 0.3) is 0 Å². The van der Waals surface area contributed by atoms with E-state index in [9.17, 15) is 8.42 Å². The SMILES string of the molecule is CS(=O)(=O)CCN1CCC2(CCC2)C1.Cc1c(-c2[nH]c3scc(C)c3c2C(C)C)cn2ncnc2c1C.[HH]. The van der Waals surface area contributed by atoms with E-state index in [4.69, 9.17) is 0 Å². The molecule has 5 heterocycles. The van der Waals surface area contributed by atoms with E-state index in [0.717, 1.165) is 25.3 Å². The summed E-state index contributed by atoms with van der Waals surface area (Å²) in [5, 5.41) is 7.95. The summed E-state index contributed by atoms with van der Waals surface area (Å²) >= 11 is 1.79. The van der Waals surface area contributed by atoms with Crippen LogP contribution in [0, 0.1) is 26.2 Å². The van der Waals surface area contributed by atoms with Crippen molar-refractivity contribution in [3.8, 4) is 11.3 Å². The maximum Gasteiger partial charge on any atom is 0.158 e.